The normalized spacial score (nSPS) is 16.8. The molecule has 1 aromatic rings. The fraction of sp³-hybridized carbons (Fsp3) is 0.200. The minimum Gasteiger partial charge on any atom is -0.425 e. The van der Waals surface area contributed by atoms with Gasteiger partial charge in [0.1, 0.15) is 5.69 Å². The van der Waals surface area contributed by atoms with Crippen molar-refractivity contribution in [1.82, 2.24) is 9.71 Å². The van der Waals surface area contributed by atoms with Crippen LogP contribution in [0.3, 0.4) is 0 Å². The van der Waals surface area contributed by atoms with E-state index >= 15 is 0 Å². The molecular formula is C15H17N5O. The first-order valence-electron chi connectivity index (χ1n) is 6.76. The van der Waals surface area contributed by atoms with Crippen molar-refractivity contribution in [3.63, 3.8) is 0 Å². The summed E-state index contributed by atoms with van der Waals surface area (Å²) in [6.45, 7) is 3.18. The van der Waals surface area contributed by atoms with Crippen molar-refractivity contribution < 1.29 is 5.21 Å². The van der Waals surface area contributed by atoms with Gasteiger partial charge in [0.25, 0.3) is 5.62 Å². The summed E-state index contributed by atoms with van der Waals surface area (Å²) in [5.41, 5.74) is 1.22. The molecule has 2 aliphatic rings. The number of allylic oxidation sites excluding steroid dienone is 4. The maximum Gasteiger partial charge on any atom is 0.257 e. The van der Waals surface area contributed by atoms with Gasteiger partial charge in [-0.05, 0) is 19.1 Å². The largest absolute Gasteiger partial charge is 0.425 e. The molecule has 0 aliphatic carbocycles. The predicted octanol–water partition coefficient (Wildman–Crippen LogP) is 1.69. The standard InChI is InChI=1S/C15H17N5O/c1-12-13(18-8-4-2-5-9-18)14(17-15(16)20(12)21)19-10-6-3-7-11-19/h2-8,10,16,21H,9,11H2,1H3. The maximum absolute atomic E-state index is 9.99. The number of rotatable bonds is 2. The first-order valence-corrected chi connectivity index (χ1v) is 6.76. The lowest BCUT2D eigenvalue weighted by Gasteiger charge is -2.29. The van der Waals surface area contributed by atoms with Crippen LogP contribution < -0.4 is 15.4 Å². The number of nitrogens with one attached hydrogen (secondary N) is 1. The Bertz CT molecular complexity index is 726. The Hall–Kier alpha value is -2.76. The molecule has 6 heteroatoms. The van der Waals surface area contributed by atoms with Crippen molar-refractivity contribution in [2.45, 2.75) is 6.92 Å². The minimum absolute atomic E-state index is 0.175. The van der Waals surface area contributed by atoms with Crippen molar-refractivity contribution in [3.8, 4) is 0 Å². The molecule has 0 radical (unpaired) electrons. The zero-order valence-corrected chi connectivity index (χ0v) is 11.8. The van der Waals surface area contributed by atoms with E-state index in [9.17, 15) is 5.21 Å². The van der Waals surface area contributed by atoms with Crippen LogP contribution in [0.25, 0.3) is 0 Å². The Kier molecular flexibility index (Phi) is 3.35. The molecule has 3 rings (SSSR count). The average molecular weight is 283 g/mol. The highest BCUT2D eigenvalue weighted by atomic mass is 16.5. The molecule has 0 fully saturated rings. The van der Waals surface area contributed by atoms with E-state index in [-0.39, 0.29) is 5.62 Å². The molecule has 2 N–H and O–H groups in total. The van der Waals surface area contributed by atoms with E-state index in [4.69, 9.17) is 5.41 Å². The number of hydrogen-bond acceptors (Lipinski definition) is 5. The van der Waals surface area contributed by atoms with Crippen molar-refractivity contribution >= 4 is 11.5 Å². The first kappa shape index (κ1) is 13.2. The number of anilines is 2. The molecule has 21 heavy (non-hydrogen) atoms. The summed E-state index contributed by atoms with van der Waals surface area (Å²) in [4.78, 5) is 8.23. The summed E-state index contributed by atoms with van der Waals surface area (Å²) in [6, 6.07) is 0. The molecule has 3 heterocycles. The molecule has 0 amide bonds. The van der Waals surface area contributed by atoms with E-state index in [1.54, 1.807) is 6.92 Å². The third-order valence-corrected chi connectivity index (χ3v) is 3.47. The zero-order valence-electron chi connectivity index (χ0n) is 11.8. The van der Waals surface area contributed by atoms with Crippen LogP contribution in [0.15, 0.2) is 48.9 Å². The molecule has 0 aromatic carbocycles. The van der Waals surface area contributed by atoms with E-state index in [1.807, 2.05) is 58.7 Å². The third-order valence-electron chi connectivity index (χ3n) is 3.47. The van der Waals surface area contributed by atoms with Gasteiger partial charge in [-0.3, -0.25) is 5.41 Å². The molecule has 0 unspecified atom stereocenters. The quantitative estimate of drug-likeness (QED) is 0.810. The Balaban J connectivity index is 2.15. The summed E-state index contributed by atoms with van der Waals surface area (Å²) in [5.74, 6) is 0.670. The number of nitrogens with zero attached hydrogens (tertiary/aromatic N) is 4. The number of hydrogen-bond donors (Lipinski definition) is 2. The van der Waals surface area contributed by atoms with Gasteiger partial charge < -0.3 is 15.0 Å². The average Bonchev–Trinajstić information content (AvgIpc) is 2.54. The van der Waals surface area contributed by atoms with Crippen LogP contribution in [0.4, 0.5) is 11.5 Å². The van der Waals surface area contributed by atoms with Crippen molar-refractivity contribution in [2.24, 2.45) is 0 Å². The second-order valence-corrected chi connectivity index (χ2v) is 4.85. The van der Waals surface area contributed by atoms with Crippen molar-refractivity contribution in [1.29, 1.82) is 5.41 Å². The highest BCUT2D eigenvalue weighted by Gasteiger charge is 2.21. The molecule has 0 saturated heterocycles. The predicted molar refractivity (Wildman–Crippen MR) is 81.3 cm³/mol. The van der Waals surface area contributed by atoms with Gasteiger partial charge in [0.2, 0.25) is 0 Å². The second-order valence-electron chi connectivity index (χ2n) is 4.85. The fourth-order valence-corrected chi connectivity index (χ4v) is 2.42. The molecule has 0 bridgehead atoms. The Morgan fingerprint density at radius 2 is 1.67 bits per heavy atom. The van der Waals surface area contributed by atoms with Crippen LogP contribution >= 0.6 is 0 Å². The number of aromatic nitrogens is 2. The fourth-order valence-electron chi connectivity index (χ4n) is 2.42. The molecule has 108 valence electrons. The molecule has 0 spiro atoms. The van der Waals surface area contributed by atoms with Crippen molar-refractivity contribution in [3.05, 3.63) is 60.2 Å². The van der Waals surface area contributed by atoms with E-state index in [0.29, 0.717) is 24.6 Å². The first-order chi connectivity index (χ1) is 10.2. The highest BCUT2D eigenvalue weighted by molar-refractivity contribution is 5.72. The molecule has 1 aromatic heterocycles. The zero-order chi connectivity index (χ0) is 14.8. The van der Waals surface area contributed by atoms with Gasteiger partial charge in [-0.2, -0.15) is 9.71 Å². The third kappa shape index (κ3) is 2.35. The molecule has 6 nitrogen and oxygen atoms in total. The lowest BCUT2D eigenvalue weighted by atomic mass is 10.2. The van der Waals surface area contributed by atoms with Gasteiger partial charge in [0, 0.05) is 25.5 Å². The minimum atomic E-state index is -0.175. The van der Waals surface area contributed by atoms with Gasteiger partial charge in [-0.15, -0.1) is 0 Å². The van der Waals surface area contributed by atoms with E-state index in [1.165, 1.54) is 0 Å². The van der Waals surface area contributed by atoms with Gasteiger partial charge in [-0.25, -0.2) is 0 Å². The molecule has 0 atom stereocenters. The SMILES string of the molecule is Cc1c(N2C=CC=CC2)c(N2C=CC=CC2)nc(=N)n1O. The van der Waals surface area contributed by atoms with E-state index < -0.39 is 0 Å². The Labute approximate surface area is 122 Å². The van der Waals surface area contributed by atoms with E-state index in [2.05, 4.69) is 4.98 Å². The molecule has 2 aliphatic heterocycles. The summed E-state index contributed by atoms with van der Waals surface area (Å²) in [7, 11) is 0. The van der Waals surface area contributed by atoms with Crippen LogP contribution in [-0.2, 0) is 0 Å². The van der Waals surface area contributed by atoms with Crippen LogP contribution in [0.2, 0.25) is 0 Å². The van der Waals surface area contributed by atoms with Gasteiger partial charge >= 0.3 is 0 Å². The monoisotopic (exact) mass is 283 g/mol. The molecule has 0 saturated carbocycles. The van der Waals surface area contributed by atoms with E-state index in [0.717, 1.165) is 10.4 Å². The lowest BCUT2D eigenvalue weighted by Crippen LogP contribution is -2.33. The Morgan fingerprint density at radius 3 is 2.24 bits per heavy atom. The summed E-state index contributed by atoms with van der Waals surface area (Å²) in [6.07, 6.45) is 15.8. The Morgan fingerprint density at radius 1 is 1.05 bits per heavy atom. The van der Waals surface area contributed by atoms with Crippen LogP contribution in [0, 0.1) is 12.3 Å². The summed E-state index contributed by atoms with van der Waals surface area (Å²) in [5, 5.41) is 17.8. The van der Waals surface area contributed by atoms with Crippen molar-refractivity contribution in [2.75, 3.05) is 22.9 Å². The summed E-state index contributed by atoms with van der Waals surface area (Å²) < 4.78 is 0.814. The van der Waals surface area contributed by atoms with Crippen LogP contribution in [0.1, 0.15) is 5.69 Å². The lowest BCUT2D eigenvalue weighted by molar-refractivity contribution is 0.159. The maximum atomic E-state index is 9.99. The molecular weight excluding hydrogens is 266 g/mol. The van der Waals surface area contributed by atoms with Crippen LogP contribution in [0.5, 0.6) is 0 Å². The van der Waals surface area contributed by atoms with Gasteiger partial charge in [-0.1, -0.05) is 24.3 Å². The van der Waals surface area contributed by atoms with Gasteiger partial charge in [0.15, 0.2) is 5.82 Å². The second kappa shape index (κ2) is 5.32. The topological polar surface area (TPSA) is 68.4 Å². The van der Waals surface area contributed by atoms with Crippen LogP contribution in [-0.4, -0.2) is 28.0 Å². The summed E-state index contributed by atoms with van der Waals surface area (Å²) >= 11 is 0. The smallest absolute Gasteiger partial charge is 0.257 e. The van der Waals surface area contributed by atoms with Gasteiger partial charge in [0.05, 0.1) is 5.69 Å². The highest BCUT2D eigenvalue weighted by Crippen LogP contribution is 2.31.